The lowest BCUT2D eigenvalue weighted by Gasteiger charge is -2.70. The second kappa shape index (κ2) is 8.41. The molecule has 5 rings (SSSR count). The van der Waals surface area contributed by atoms with Crippen LogP contribution in [0.15, 0.2) is 16.8 Å². The zero-order valence-corrected chi connectivity index (χ0v) is 25.2. The average molecular weight is 527 g/mol. The van der Waals surface area contributed by atoms with Crippen LogP contribution in [0.3, 0.4) is 0 Å². The molecule has 0 aliphatic heterocycles. The van der Waals surface area contributed by atoms with Crippen LogP contribution in [0.2, 0.25) is 0 Å². The van der Waals surface area contributed by atoms with Gasteiger partial charge >= 0.3 is 0 Å². The molecular weight excluding hydrogens is 476 g/mol. The van der Waals surface area contributed by atoms with Gasteiger partial charge in [0.25, 0.3) is 5.91 Å². The summed E-state index contributed by atoms with van der Waals surface area (Å²) in [5, 5.41) is 14.9. The molecule has 0 heterocycles. The summed E-state index contributed by atoms with van der Waals surface area (Å²) in [6.45, 7) is 16.2. The Morgan fingerprint density at radius 1 is 1.03 bits per heavy atom. The lowest BCUT2D eigenvalue weighted by Crippen LogP contribution is -2.66. The van der Waals surface area contributed by atoms with Gasteiger partial charge < -0.3 is 5.21 Å². The van der Waals surface area contributed by atoms with Crippen molar-refractivity contribution < 1.29 is 19.6 Å². The summed E-state index contributed by atoms with van der Waals surface area (Å²) in [6.07, 6.45) is 10.6. The van der Waals surface area contributed by atoms with E-state index in [1.165, 1.54) is 10.6 Å². The van der Waals surface area contributed by atoms with Gasteiger partial charge in [-0.1, -0.05) is 59.2 Å². The van der Waals surface area contributed by atoms with Crippen molar-refractivity contribution in [3.63, 3.8) is 0 Å². The summed E-state index contributed by atoms with van der Waals surface area (Å²) in [4.78, 5) is 33.2. The first-order valence-corrected chi connectivity index (χ1v) is 14.8. The Labute approximate surface area is 229 Å². The zero-order valence-electron chi connectivity index (χ0n) is 25.2. The number of fused-ring (bicyclic) bond motifs is 7. The van der Waals surface area contributed by atoms with Gasteiger partial charge in [0.1, 0.15) is 0 Å². The number of allylic oxidation sites excluding steroid dienone is 2. The van der Waals surface area contributed by atoms with Crippen LogP contribution in [0, 0.1) is 50.2 Å². The number of oxime groups is 1. The van der Waals surface area contributed by atoms with E-state index in [0.717, 1.165) is 63.5 Å². The van der Waals surface area contributed by atoms with Gasteiger partial charge in [0, 0.05) is 23.8 Å². The van der Waals surface area contributed by atoms with Gasteiger partial charge in [-0.25, -0.2) is 5.06 Å². The summed E-state index contributed by atoms with van der Waals surface area (Å²) in [7, 11) is 3.26. The van der Waals surface area contributed by atoms with Crippen LogP contribution in [0.25, 0.3) is 0 Å². The number of nitrogens with zero attached hydrogens (tertiary/aromatic N) is 2. The Bertz CT molecular complexity index is 1110. The smallest absolute Gasteiger partial charge is 0.251 e. The van der Waals surface area contributed by atoms with Crippen LogP contribution in [0.5, 0.6) is 0 Å². The van der Waals surface area contributed by atoms with Crippen LogP contribution in [0.4, 0.5) is 0 Å². The molecule has 1 N–H and O–H groups in total. The van der Waals surface area contributed by atoms with E-state index < -0.39 is 5.41 Å². The molecule has 0 aromatic rings. The summed E-state index contributed by atoms with van der Waals surface area (Å²) in [5.41, 5.74) is 1.26. The van der Waals surface area contributed by atoms with Gasteiger partial charge in [-0.3, -0.25) is 14.4 Å². The minimum absolute atomic E-state index is 0.0393. The van der Waals surface area contributed by atoms with Crippen molar-refractivity contribution in [3.05, 3.63) is 11.6 Å². The fourth-order valence-electron chi connectivity index (χ4n) is 10.8. The third-order valence-electron chi connectivity index (χ3n) is 13.6. The SMILES string of the molecule is CON(C)C(=O)[C@@]1(C)CC[C@]2(C)CC[C@]3(C)C(=CC(=O)[C@@H]4[C@@]5(C)CCC(=NO)C(C)(C)C5CC[C@]43C)[C@@H]2C1. The molecule has 0 spiro atoms. The van der Waals surface area contributed by atoms with Gasteiger partial charge in [-0.15, -0.1) is 0 Å². The Balaban J connectivity index is 1.59. The molecule has 1 amide bonds. The van der Waals surface area contributed by atoms with Crippen molar-refractivity contribution in [2.75, 3.05) is 14.2 Å². The minimum atomic E-state index is -0.494. The van der Waals surface area contributed by atoms with Crippen LogP contribution in [-0.2, 0) is 14.4 Å². The molecule has 5 aliphatic rings. The first-order valence-electron chi connectivity index (χ1n) is 14.8. The van der Waals surface area contributed by atoms with Crippen molar-refractivity contribution >= 4 is 17.4 Å². The van der Waals surface area contributed by atoms with Crippen molar-refractivity contribution in [2.24, 2.45) is 55.4 Å². The summed E-state index contributed by atoms with van der Waals surface area (Å²) >= 11 is 0. The van der Waals surface area contributed by atoms with Crippen molar-refractivity contribution in [1.29, 1.82) is 0 Å². The summed E-state index contributed by atoms with van der Waals surface area (Å²) in [6, 6.07) is 0. The van der Waals surface area contributed by atoms with Gasteiger partial charge in [0.05, 0.1) is 12.8 Å². The van der Waals surface area contributed by atoms with Gasteiger partial charge in [0.2, 0.25) is 0 Å². The number of ketones is 1. The molecule has 5 aliphatic carbocycles. The summed E-state index contributed by atoms with van der Waals surface area (Å²) in [5.74, 6) is 0.827. The highest BCUT2D eigenvalue weighted by molar-refractivity contribution is 5.97. The largest absolute Gasteiger partial charge is 0.411 e. The van der Waals surface area contributed by atoms with Crippen molar-refractivity contribution in [2.45, 2.75) is 106 Å². The van der Waals surface area contributed by atoms with E-state index in [-0.39, 0.29) is 44.8 Å². The topological polar surface area (TPSA) is 79.2 Å². The van der Waals surface area contributed by atoms with E-state index in [1.54, 1.807) is 14.2 Å². The number of hydrogen-bond acceptors (Lipinski definition) is 5. The molecule has 0 saturated heterocycles. The van der Waals surface area contributed by atoms with Gasteiger partial charge in [-0.05, 0) is 97.4 Å². The first kappa shape index (κ1) is 27.9. The van der Waals surface area contributed by atoms with Crippen LogP contribution >= 0.6 is 0 Å². The standard InChI is InChI=1S/C32H50N2O4/c1-27(2)23-10-13-32(7)25(30(23,5)12-11-24(27)33-37)22(35)18-20-21-19-29(4,26(36)34(8)38-9)15-14-28(21,3)16-17-31(20,32)6/h18,21,23,25,37H,10-17,19H2,1-9H3/t21-,23?,25+,28+,29-,30-,31+,32+/m0/s1. The number of amides is 1. The van der Waals surface area contributed by atoms with E-state index in [4.69, 9.17) is 4.84 Å². The molecule has 6 heteroatoms. The lowest BCUT2D eigenvalue weighted by molar-refractivity contribution is -0.188. The molecule has 4 saturated carbocycles. The van der Waals surface area contributed by atoms with E-state index in [0.29, 0.717) is 11.7 Å². The maximum atomic E-state index is 14.4. The number of carbonyl (C=O) groups is 2. The monoisotopic (exact) mass is 526 g/mol. The Kier molecular flexibility index (Phi) is 6.16. The molecule has 1 unspecified atom stereocenters. The zero-order chi connectivity index (χ0) is 28.1. The molecule has 0 aromatic carbocycles. The van der Waals surface area contributed by atoms with E-state index in [9.17, 15) is 14.8 Å². The second-order valence-corrected chi connectivity index (χ2v) is 15.5. The molecule has 0 radical (unpaired) electrons. The van der Waals surface area contributed by atoms with E-state index >= 15 is 0 Å². The van der Waals surface area contributed by atoms with Gasteiger partial charge in [0.15, 0.2) is 5.78 Å². The predicted molar refractivity (Wildman–Crippen MR) is 148 cm³/mol. The number of rotatable bonds is 2. The van der Waals surface area contributed by atoms with Crippen molar-refractivity contribution in [1.82, 2.24) is 5.06 Å². The quantitative estimate of drug-likeness (QED) is 0.316. The Morgan fingerprint density at radius 3 is 2.32 bits per heavy atom. The van der Waals surface area contributed by atoms with E-state index in [2.05, 4.69) is 59.7 Å². The number of hydrogen-bond donors (Lipinski definition) is 1. The molecule has 0 bridgehead atoms. The first-order chi connectivity index (χ1) is 17.5. The van der Waals surface area contributed by atoms with Crippen LogP contribution in [-0.4, -0.2) is 41.8 Å². The predicted octanol–water partition coefficient (Wildman–Crippen LogP) is 6.82. The highest BCUT2D eigenvalue weighted by Crippen LogP contribution is 2.75. The van der Waals surface area contributed by atoms with Crippen LogP contribution in [0.1, 0.15) is 106 Å². The molecule has 6 nitrogen and oxygen atoms in total. The second-order valence-electron chi connectivity index (χ2n) is 15.5. The minimum Gasteiger partial charge on any atom is -0.411 e. The molecule has 8 atom stereocenters. The summed E-state index contributed by atoms with van der Waals surface area (Å²) < 4.78 is 0. The van der Waals surface area contributed by atoms with Gasteiger partial charge in [-0.2, -0.15) is 0 Å². The van der Waals surface area contributed by atoms with E-state index in [1.807, 2.05) is 0 Å². The Hall–Kier alpha value is -1.69. The molecule has 0 aromatic heterocycles. The maximum Gasteiger partial charge on any atom is 0.251 e. The maximum absolute atomic E-state index is 14.4. The highest BCUT2D eigenvalue weighted by atomic mass is 16.7. The fourth-order valence-corrected chi connectivity index (χ4v) is 10.8. The average Bonchev–Trinajstić information content (AvgIpc) is 2.85. The number of carbonyl (C=O) groups excluding carboxylic acids is 2. The fraction of sp³-hybridized carbons (Fsp3) is 0.844. The molecule has 4 fully saturated rings. The van der Waals surface area contributed by atoms with Crippen LogP contribution < -0.4 is 0 Å². The third kappa shape index (κ3) is 3.37. The Morgan fingerprint density at radius 2 is 1.68 bits per heavy atom. The molecule has 212 valence electrons. The molecule has 38 heavy (non-hydrogen) atoms. The number of hydroxylamine groups is 2. The highest BCUT2D eigenvalue weighted by Gasteiger charge is 2.70. The van der Waals surface area contributed by atoms with Crippen molar-refractivity contribution in [3.8, 4) is 0 Å². The molecular formula is C32H50N2O4. The normalized spacial score (nSPS) is 48.8. The third-order valence-corrected chi connectivity index (χ3v) is 13.6. The lowest BCUT2D eigenvalue weighted by atomic mass is 9.33.